The van der Waals surface area contributed by atoms with E-state index < -0.39 is 0 Å². The number of rotatable bonds is 4. The lowest BCUT2D eigenvalue weighted by molar-refractivity contribution is 0.0795. The van der Waals surface area contributed by atoms with Gasteiger partial charge in [-0.15, -0.1) is 0 Å². The fourth-order valence-corrected chi connectivity index (χ4v) is 1.44. The van der Waals surface area contributed by atoms with Gasteiger partial charge in [-0.3, -0.25) is 4.79 Å². The standard InChI is InChI=1S/C12H18N2O.C2H6/c1-3-8-14(2)12(15)11-6-4-10(9-13)5-7-11;1-2/h4-7H,3,8-9,13H2,1-2H3;1-2H3. The molecule has 0 radical (unpaired) electrons. The normalized spacial score (nSPS) is 9.24. The van der Waals surface area contributed by atoms with Gasteiger partial charge in [0.25, 0.3) is 5.91 Å². The van der Waals surface area contributed by atoms with Gasteiger partial charge in [-0.2, -0.15) is 0 Å². The molecule has 1 rings (SSSR count). The lowest BCUT2D eigenvalue weighted by Gasteiger charge is -2.16. The molecule has 0 aliphatic heterocycles. The molecule has 1 amide bonds. The highest BCUT2D eigenvalue weighted by Crippen LogP contribution is 2.06. The van der Waals surface area contributed by atoms with Crippen LogP contribution in [0.1, 0.15) is 43.1 Å². The maximum absolute atomic E-state index is 11.8. The Morgan fingerprint density at radius 2 is 1.76 bits per heavy atom. The van der Waals surface area contributed by atoms with Gasteiger partial charge in [0, 0.05) is 25.7 Å². The summed E-state index contributed by atoms with van der Waals surface area (Å²) in [5.41, 5.74) is 7.26. The number of carbonyl (C=O) groups excluding carboxylic acids is 1. The summed E-state index contributed by atoms with van der Waals surface area (Å²) in [7, 11) is 1.82. The van der Waals surface area contributed by atoms with Gasteiger partial charge >= 0.3 is 0 Å². The van der Waals surface area contributed by atoms with Gasteiger partial charge in [-0.1, -0.05) is 32.9 Å². The molecule has 3 nitrogen and oxygen atoms in total. The van der Waals surface area contributed by atoms with Crippen molar-refractivity contribution in [1.82, 2.24) is 4.90 Å². The molecule has 3 heteroatoms. The quantitative estimate of drug-likeness (QED) is 0.873. The Balaban J connectivity index is 0.00000121. The molecule has 17 heavy (non-hydrogen) atoms. The first kappa shape index (κ1) is 15.7. The van der Waals surface area contributed by atoms with Gasteiger partial charge in [0.1, 0.15) is 0 Å². The van der Waals surface area contributed by atoms with Crippen molar-refractivity contribution in [2.75, 3.05) is 13.6 Å². The van der Waals surface area contributed by atoms with Crippen LogP contribution in [0.25, 0.3) is 0 Å². The van der Waals surface area contributed by atoms with Crippen LogP contribution in [0.3, 0.4) is 0 Å². The average molecular weight is 236 g/mol. The predicted octanol–water partition coefficient (Wildman–Crippen LogP) is 2.65. The first-order valence-corrected chi connectivity index (χ1v) is 6.23. The lowest BCUT2D eigenvalue weighted by Crippen LogP contribution is -2.27. The van der Waals surface area contributed by atoms with Crippen molar-refractivity contribution in [1.29, 1.82) is 0 Å². The van der Waals surface area contributed by atoms with Crippen LogP contribution in [0.5, 0.6) is 0 Å². The topological polar surface area (TPSA) is 46.3 Å². The minimum Gasteiger partial charge on any atom is -0.342 e. The second kappa shape index (κ2) is 8.76. The van der Waals surface area contributed by atoms with Crippen molar-refractivity contribution in [2.45, 2.75) is 33.7 Å². The molecule has 0 bridgehead atoms. The molecule has 96 valence electrons. The molecule has 1 aromatic rings. The maximum atomic E-state index is 11.8. The fraction of sp³-hybridized carbons (Fsp3) is 0.500. The summed E-state index contributed by atoms with van der Waals surface area (Å²) < 4.78 is 0. The van der Waals surface area contributed by atoms with Crippen LogP contribution >= 0.6 is 0 Å². The van der Waals surface area contributed by atoms with E-state index in [1.54, 1.807) is 4.90 Å². The van der Waals surface area contributed by atoms with Crippen LogP contribution in [0.4, 0.5) is 0 Å². The Bertz CT molecular complexity index is 319. The number of nitrogens with two attached hydrogens (primary N) is 1. The molecule has 1 aromatic carbocycles. The summed E-state index contributed by atoms with van der Waals surface area (Å²) in [4.78, 5) is 13.6. The van der Waals surface area contributed by atoms with E-state index in [0.29, 0.717) is 6.54 Å². The van der Waals surface area contributed by atoms with Crippen molar-refractivity contribution in [2.24, 2.45) is 5.73 Å². The number of hydrogen-bond donors (Lipinski definition) is 1. The van der Waals surface area contributed by atoms with Crippen LogP contribution in [-0.2, 0) is 6.54 Å². The molecule has 0 atom stereocenters. The number of benzene rings is 1. The van der Waals surface area contributed by atoms with E-state index in [1.165, 1.54) is 0 Å². The van der Waals surface area contributed by atoms with Gasteiger partial charge in [0.15, 0.2) is 0 Å². The molecule has 0 heterocycles. The van der Waals surface area contributed by atoms with Gasteiger partial charge in [-0.25, -0.2) is 0 Å². The third-order valence-corrected chi connectivity index (χ3v) is 2.34. The minimum absolute atomic E-state index is 0.0698. The fourth-order valence-electron chi connectivity index (χ4n) is 1.44. The highest BCUT2D eigenvalue weighted by molar-refractivity contribution is 5.94. The molecule has 0 fully saturated rings. The number of hydrogen-bond acceptors (Lipinski definition) is 2. The molecule has 0 aromatic heterocycles. The molecule has 0 unspecified atom stereocenters. The van der Waals surface area contributed by atoms with E-state index in [4.69, 9.17) is 5.73 Å². The second-order valence-corrected chi connectivity index (χ2v) is 3.63. The SMILES string of the molecule is CC.CCCN(C)C(=O)c1ccc(CN)cc1. The maximum Gasteiger partial charge on any atom is 0.253 e. The Labute approximate surface area is 105 Å². The van der Waals surface area contributed by atoms with Crippen LogP contribution in [-0.4, -0.2) is 24.4 Å². The molecular formula is C14H24N2O. The number of nitrogens with zero attached hydrogens (tertiary/aromatic N) is 1. The van der Waals surface area contributed by atoms with E-state index in [-0.39, 0.29) is 5.91 Å². The largest absolute Gasteiger partial charge is 0.342 e. The average Bonchev–Trinajstić information content (AvgIpc) is 2.40. The van der Waals surface area contributed by atoms with Crippen molar-refractivity contribution in [3.05, 3.63) is 35.4 Å². The number of amides is 1. The second-order valence-electron chi connectivity index (χ2n) is 3.63. The summed E-state index contributed by atoms with van der Waals surface area (Å²) in [5, 5.41) is 0. The first-order valence-electron chi connectivity index (χ1n) is 6.23. The summed E-state index contributed by atoms with van der Waals surface area (Å²) >= 11 is 0. The van der Waals surface area contributed by atoms with Crippen LogP contribution in [0.15, 0.2) is 24.3 Å². The summed E-state index contributed by atoms with van der Waals surface area (Å²) in [5.74, 6) is 0.0698. The molecule has 0 spiro atoms. The van der Waals surface area contributed by atoms with Crippen LogP contribution < -0.4 is 5.73 Å². The first-order chi connectivity index (χ1) is 8.19. The smallest absolute Gasteiger partial charge is 0.253 e. The van der Waals surface area contributed by atoms with Crippen molar-refractivity contribution in [3.63, 3.8) is 0 Å². The molecule has 0 saturated carbocycles. The van der Waals surface area contributed by atoms with E-state index >= 15 is 0 Å². The molecule has 0 aliphatic rings. The Morgan fingerprint density at radius 3 is 2.18 bits per heavy atom. The molecule has 0 saturated heterocycles. The zero-order valence-corrected chi connectivity index (χ0v) is 11.4. The summed E-state index contributed by atoms with van der Waals surface area (Å²) in [6.45, 7) is 7.36. The number of carbonyl (C=O) groups is 1. The minimum atomic E-state index is 0.0698. The van der Waals surface area contributed by atoms with E-state index in [0.717, 1.165) is 24.1 Å². The van der Waals surface area contributed by atoms with E-state index in [1.807, 2.05) is 45.2 Å². The Morgan fingerprint density at radius 1 is 1.24 bits per heavy atom. The predicted molar refractivity (Wildman–Crippen MR) is 72.9 cm³/mol. The Hall–Kier alpha value is -1.35. The summed E-state index contributed by atoms with van der Waals surface area (Å²) in [6, 6.07) is 7.45. The van der Waals surface area contributed by atoms with Gasteiger partial charge in [0.2, 0.25) is 0 Å². The van der Waals surface area contributed by atoms with Crippen molar-refractivity contribution >= 4 is 5.91 Å². The zero-order valence-electron chi connectivity index (χ0n) is 11.4. The highest BCUT2D eigenvalue weighted by Gasteiger charge is 2.09. The Kier molecular flexibility index (Phi) is 8.07. The lowest BCUT2D eigenvalue weighted by atomic mass is 10.1. The third kappa shape index (κ3) is 5.00. The van der Waals surface area contributed by atoms with Gasteiger partial charge in [-0.05, 0) is 24.1 Å². The van der Waals surface area contributed by atoms with Crippen molar-refractivity contribution < 1.29 is 4.79 Å². The zero-order chi connectivity index (χ0) is 13.3. The molecule has 0 aliphatic carbocycles. The van der Waals surface area contributed by atoms with Crippen LogP contribution in [0, 0.1) is 0 Å². The summed E-state index contributed by atoms with van der Waals surface area (Å²) in [6.07, 6.45) is 0.975. The van der Waals surface area contributed by atoms with E-state index in [9.17, 15) is 4.79 Å². The van der Waals surface area contributed by atoms with E-state index in [2.05, 4.69) is 6.92 Å². The van der Waals surface area contributed by atoms with Gasteiger partial charge < -0.3 is 10.6 Å². The molecule has 2 N–H and O–H groups in total. The monoisotopic (exact) mass is 236 g/mol. The molecular weight excluding hydrogens is 212 g/mol. The third-order valence-electron chi connectivity index (χ3n) is 2.34. The van der Waals surface area contributed by atoms with Crippen LogP contribution in [0.2, 0.25) is 0 Å². The highest BCUT2D eigenvalue weighted by atomic mass is 16.2. The van der Waals surface area contributed by atoms with Crippen molar-refractivity contribution in [3.8, 4) is 0 Å². The van der Waals surface area contributed by atoms with Gasteiger partial charge in [0.05, 0.1) is 0 Å².